The largest absolute Gasteiger partial charge is 0.382 e. The van der Waals surface area contributed by atoms with E-state index in [0.717, 1.165) is 16.9 Å². The van der Waals surface area contributed by atoms with E-state index in [0.29, 0.717) is 24.1 Å². The number of aromatic nitrogens is 2. The number of ether oxygens (including phenoxy) is 1. The summed E-state index contributed by atoms with van der Waals surface area (Å²) in [5.74, 6) is 0.535. The molecule has 0 atom stereocenters. The van der Waals surface area contributed by atoms with E-state index in [2.05, 4.69) is 5.10 Å². The van der Waals surface area contributed by atoms with Crippen molar-refractivity contribution in [3.05, 3.63) is 40.5 Å². The van der Waals surface area contributed by atoms with Gasteiger partial charge < -0.3 is 10.5 Å². The van der Waals surface area contributed by atoms with Crippen LogP contribution >= 0.6 is 11.6 Å². The molecule has 2 heterocycles. The Morgan fingerprint density at radius 2 is 2.25 bits per heavy atom. The highest BCUT2D eigenvalue weighted by Gasteiger charge is 2.22. The molecule has 1 aliphatic heterocycles. The second kappa shape index (κ2) is 3.50. The van der Waals surface area contributed by atoms with E-state index in [9.17, 15) is 0 Å². The Kier molecular flexibility index (Phi) is 2.12. The van der Waals surface area contributed by atoms with Gasteiger partial charge in [0.2, 0.25) is 0 Å². The van der Waals surface area contributed by atoms with Gasteiger partial charge in [-0.3, -0.25) is 0 Å². The molecule has 2 N–H and O–H groups in total. The summed E-state index contributed by atoms with van der Waals surface area (Å²) in [5.41, 5.74) is 8.73. The van der Waals surface area contributed by atoms with Gasteiger partial charge in [0.1, 0.15) is 0 Å². The summed E-state index contributed by atoms with van der Waals surface area (Å²) < 4.78 is 7.15. The van der Waals surface area contributed by atoms with Crippen LogP contribution in [0, 0.1) is 0 Å². The molecule has 0 bridgehead atoms. The van der Waals surface area contributed by atoms with Crippen LogP contribution < -0.4 is 5.73 Å². The van der Waals surface area contributed by atoms with Gasteiger partial charge in [-0.2, -0.15) is 0 Å². The van der Waals surface area contributed by atoms with Gasteiger partial charge in [0, 0.05) is 10.6 Å². The van der Waals surface area contributed by atoms with Gasteiger partial charge >= 0.3 is 0 Å². The van der Waals surface area contributed by atoms with Gasteiger partial charge in [0.05, 0.1) is 24.6 Å². The molecule has 1 aromatic carbocycles. The van der Waals surface area contributed by atoms with E-state index < -0.39 is 0 Å². The lowest BCUT2D eigenvalue weighted by molar-refractivity contribution is 0.131. The number of fused-ring (bicyclic) bond motifs is 1. The van der Waals surface area contributed by atoms with Crippen LogP contribution in [0.1, 0.15) is 11.3 Å². The topological polar surface area (TPSA) is 53.1 Å². The Labute approximate surface area is 97.6 Å². The first-order valence-electron chi connectivity index (χ1n) is 4.95. The van der Waals surface area contributed by atoms with Crippen LogP contribution in [0.25, 0.3) is 5.69 Å². The number of hydrogen-bond donors (Lipinski definition) is 1. The minimum atomic E-state index is 0.535. The zero-order chi connectivity index (χ0) is 11.1. The van der Waals surface area contributed by atoms with Gasteiger partial charge in [-0.25, -0.2) is 4.68 Å². The maximum absolute atomic E-state index is 5.95. The molecule has 0 amide bonds. The molecule has 1 aliphatic rings. The molecule has 0 spiro atoms. The number of nitrogens with two attached hydrogens (primary N) is 1. The van der Waals surface area contributed by atoms with Crippen LogP contribution in [-0.4, -0.2) is 9.78 Å². The zero-order valence-corrected chi connectivity index (χ0v) is 9.24. The Hall–Kier alpha value is -1.52. The molecule has 0 aliphatic carbocycles. The van der Waals surface area contributed by atoms with Crippen LogP contribution in [0.2, 0.25) is 5.02 Å². The van der Waals surface area contributed by atoms with Gasteiger partial charge in [0.15, 0.2) is 5.82 Å². The summed E-state index contributed by atoms with van der Waals surface area (Å²) in [5, 5.41) is 4.98. The molecular weight excluding hydrogens is 226 g/mol. The van der Waals surface area contributed by atoms with Crippen LogP contribution in [-0.2, 0) is 18.0 Å². The fraction of sp³-hybridized carbons (Fsp3) is 0.182. The summed E-state index contributed by atoms with van der Waals surface area (Å²) in [6.07, 6.45) is 0. The van der Waals surface area contributed by atoms with Crippen molar-refractivity contribution in [1.29, 1.82) is 0 Å². The van der Waals surface area contributed by atoms with Crippen molar-refractivity contribution in [2.24, 2.45) is 0 Å². The first-order valence-corrected chi connectivity index (χ1v) is 5.33. The molecule has 16 heavy (non-hydrogen) atoms. The van der Waals surface area contributed by atoms with E-state index in [1.54, 1.807) is 4.68 Å². The second-order valence-electron chi connectivity index (χ2n) is 3.69. The van der Waals surface area contributed by atoms with E-state index in [4.69, 9.17) is 22.1 Å². The highest BCUT2D eigenvalue weighted by Crippen LogP contribution is 2.28. The Morgan fingerprint density at radius 3 is 3.06 bits per heavy atom. The smallest absolute Gasteiger partial charge is 0.151 e. The fourth-order valence-corrected chi connectivity index (χ4v) is 2.07. The Bertz CT molecular complexity index is 550. The maximum atomic E-state index is 5.95. The number of hydrogen-bond acceptors (Lipinski definition) is 3. The van der Waals surface area contributed by atoms with Crippen molar-refractivity contribution in [3.8, 4) is 5.69 Å². The lowest BCUT2D eigenvalue weighted by Gasteiger charge is -2.04. The summed E-state index contributed by atoms with van der Waals surface area (Å²) in [4.78, 5) is 0. The molecule has 4 nitrogen and oxygen atoms in total. The average Bonchev–Trinajstić information content (AvgIpc) is 2.83. The number of nitrogens with zero attached hydrogens (tertiary/aromatic N) is 2. The van der Waals surface area contributed by atoms with Crippen molar-refractivity contribution in [2.45, 2.75) is 13.2 Å². The fourth-order valence-electron chi connectivity index (χ4n) is 1.88. The Morgan fingerprint density at radius 1 is 1.38 bits per heavy atom. The summed E-state index contributed by atoms with van der Waals surface area (Å²) in [6.45, 7) is 1.09. The van der Waals surface area contributed by atoms with Crippen LogP contribution in [0.3, 0.4) is 0 Å². The molecule has 5 heteroatoms. The molecule has 0 saturated carbocycles. The third kappa shape index (κ3) is 1.38. The Balaban J connectivity index is 2.17. The van der Waals surface area contributed by atoms with Gasteiger partial charge in [-0.05, 0) is 18.2 Å². The van der Waals surface area contributed by atoms with Gasteiger partial charge in [-0.15, -0.1) is 5.10 Å². The van der Waals surface area contributed by atoms with Crippen LogP contribution in [0.4, 0.5) is 5.82 Å². The molecule has 0 radical (unpaired) electrons. The highest BCUT2D eigenvalue weighted by atomic mass is 35.5. The predicted octanol–water partition coefficient (Wildman–Crippen LogP) is 2.14. The van der Waals surface area contributed by atoms with Crippen LogP contribution in [0.5, 0.6) is 0 Å². The minimum Gasteiger partial charge on any atom is -0.382 e. The number of nitrogen functional groups attached to an aromatic ring is 1. The third-order valence-corrected chi connectivity index (χ3v) is 2.89. The number of anilines is 1. The maximum Gasteiger partial charge on any atom is 0.151 e. The van der Waals surface area contributed by atoms with E-state index in [1.807, 2.05) is 24.3 Å². The molecule has 82 valence electrons. The van der Waals surface area contributed by atoms with E-state index >= 15 is 0 Å². The normalized spacial score (nSPS) is 14.1. The predicted molar refractivity (Wildman–Crippen MR) is 61.5 cm³/mol. The highest BCUT2D eigenvalue weighted by molar-refractivity contribution is 6.30. The SMILES string of the molecule is Nc1nn(-c2cccc(Cl)c2)c2c1COC2. The van der Waals surface area contributed by atoms with Gasteiger partial charge in [0.25, 0.3) is 0 Å². The zero-order valence-electron chi connectivity index (χ0n) is 8.48. The standard InChI is InChI=1S/C11H10ClN3O/c12-7-2-1-3-8(4-7)15-10-6-16-5-9(10)11(13)14-15/h1-4H,5-6H2,(H2,13,14). The van der Waals surface area contributed by atoms with Crippen molar-refractivity contribution in [3.63, 3.8) is 0 Å². The van der Waals surface area contributed by atoms with Crippen molar-refractivity contribution in [2.75, 3.05) is 5.73 Å². The molecule has 0 saturated heterocycles. The quantitative estimate of drug-likeness (QED) is 0.824. The minimum absolute atomic E-state index is 0.535. The number of benzene rings is 1. The molecule has 0 unspecified atom stereocenters. The van der Waals surface area contributed by atoms with Crippen molar-refractivity contribution >= 4 is 17.4 Å². The lowest BCUT2D eigenvalue weighted by atomic mass is 10.2. The van der Waals surface area contributed by atoms with Crippen molar-refractivity contribution < 1.29 is 4.74 Å². The first kappa shape index (κ1) is 9.69. The van der Waals surface area contributed by atoms with Gasteiger partial charge in [-0.1, -0.05) is 17.7 Å². The summed E-state index contributed by atoms with van der Waals surface area (Å²) in [6, 6.07) is 7.51. The third-order valence-electron chi connectivity index (χ3n) is 2.66. The molecule has 1 aromatic heterocycles. The van der Waals surface area contributed by atoms with Crippen molar-refractivity contribution in [1.82, 2.24) is 9.78 Å². The number of rotatable bonds is 1. The first-order chi connectivity index (χ1) is 7.75. The molecule has 0 fully saturated rings. The van der Waals surface area contributed by atoms with E-state index in [1.165, 1.54) is 0 Å². The lowest BCUT2D eigenvalue weighted by Crippen LogP contribution is -2.02. The van der Waals surface area contributed by atoms with Crippen LogP contribution in [0.15, 0.2) is 24.3 Å². The monoisotopic (exact) mass is 235 g/mol. The average molecular weight is 236 g/mol. The van der Waals surface area contributed by atoms with E-state index in [-0.39, 0.29) is 0 Å². The molecule has 3 rings (SSSR count). The summed E-state index contributed by atoms with van der Waals surface area (Å²) >= 11 is 5.95. The summed E-state index contributed by atoms with van der Waals surface area (Å²) in [7, 11) is 0. The number of halogens is 1. The molecule has 2 aromatic rings. The molecular formula is C11H10ClN3O. The second-order valence-corrected chi connectivity index (χ2v) is 4.13.